The predicted molar refractivity (Wildman–Crippen MR) is 79.6 cm³/mol. The van der Waals surface area contributed by atoms with Crippen LogP contribution >= 0.6 is 23.2 Å². The van der Waals surface area contributed by atoms with Gasteiger partial charge < -0.3 is 5.32 Å². The van der Waals surface area contributed by atoms with Crippen LogP contribution in [0.1, 0.15) is 18.1 Å². The van der Waals surface area contributed by atoms with Crippen LogP contribution in [0.3, 0.4) is 0 Å². The van der Waals surface area contributed by atoms with E-state index in [1.807, 2.05) is 18.2 Å². The summed E-state index contributed by atoms with van der Waals surface area (Å²) in [5.41, 5.74) is 3.33. The Bertz CT molecular complexity index is 500. The lowest BCUT2D eigenvalue weighted by atomic mass is 10.1. The third-order valence-electron chi connectivity index (χ3n) is 2.89. The molecule has 0 atom stereocenters. The summed E-state index contributed by atoms with van der Waals surface area (Å²) >= 11 is 12.2. The standard InChI is InChI=1S/C15H15Cl2N/c1-2-11-6-8-12(9-7-11)18-10-13-14(16)4-3-5-15(13)17/h3-9,18H,2,10H2,1H3. The van der Waals surface area contributed by atoms with E-state index in [0.29, 0.717) is 16.6 Å². The lowest BCUT2D eigenvalue weighted by Gasteiger charge is -2.10. The number of halogens is 2. The quantitative estimate of drug-likeness (QED) is 0.814. The Kier molecular flexibility index (Phi) is 4.51. The first-order chi connectivity index (χ1) is 8.70. The van der Waals surface area contributed by atoms with Gasteiger partial charge >= 0.3 is 0 Å². The molecule has 0 aliphatic carbocycles. The Morgan fingerprint density at radius 1 is 0.944 bits per heavy atom. The van der Waals surface area contributed by atoms with Crippen molar-refractivity contribution in [3.8, 4) is 0 Å². The Morgan fingerprint density at radius 3 is 2.11 bits per heavy atom. The van der Waals surface area contributed by atoms with Crippen molar-refractivity contribution in [1.82, 2.24) is 0 Å². The average molecular weight is 280 g/mol. The Balaban J connectivity index is 2.06. The molecule has 18 heavy (non-hydrogen) atoms. The number of hydrogen-bond acceptors (Lipinski definition) is 1. The van der Waals surface area contributed by atoms with E-state index in [4.69, 9.17) is 23.2 Å². The summed E-state index contributed by atoms with van der Waals surface area (Å²) in [6, 6.07) is 13.9. The van der Waals surface area contributed by atoms with Crippen LogP contribution < -0.4 is 5.32 Å². The maximum atomic E-state index is 6.12. The third-order valence-corrected chi connectivity index (χ3v) is 3.60. The molecule has 0 spiro atoms. The highest BCUT2D eigenvalue weighted by Crippen LogP contribution is 2.25. The van der Waals surface area contributed by atoms with Gasteiger partial charge in [-0.25, -0.2) is 0 Å². The second-order valence-electron chi connectivity index (χ2n) is 4.10. The Hall–Kier alpha value is -1.18. The molecule has 0 bridgehead atoms. The highest BCUT2D eigenvalue weighted by molar-refractivity contribution is 6.36. The van der Waals surface area contributed by atoms with Crippen molar-refractivity contribution in [2.75, 3.05) is 5.32 Å². The lowest BCUT2D eigenvalue weighted by molar-refractivity contribution is 1.12. The molecule has 0 aromatic heterocycles. The van der Waals surface area contributed by atoms with E-state index >= 15 is 0 Å². The monoisotopic (exact) mass is 279 g/mol. The van der Waals surface area contributed by atoms with Gasteiger partial charge in [-0.15, -0.1) is 0 Å². The molecule has 2 aromatic rings. The van der Waals surface area contributed by atoms with Crippen LogP contribution in [-0.4, -0.2) is 0 Å². The predicted octanol–water partition coefficient (Wildman–Crippen LogP) is 5.17. The van der Waals surface area contributed by atoms with Gasteiger partial charge in [0.05, 0.1) is 0 Å². The molecule has 1 N–H and O–H groups in total. The molecule has 94 valence electrons. The number of nitrogens with one attached hydrogen (secondary N) is 1. The molecule has 3 heteroatoms. The van der Waals surface area contributed by atoms with Crippen LogP contribution in [0.2, 0.25) is 10.0 Å². The average Bonchev–Trinajstić information content (AvgIpc) is 2.39. The minimum absolute atomic E-state index is 0.629. The Labute approximate surface area is 118 Å². The fourth-order valence-electron chi connectivity index (χ4n) is 1.75. The van der Waals surface area contributed by atoms with Gasteiger partial charge in [0.2, 0.25) is 0 Å². The van der Waals surface area contributed by atoms with Gasteiger partial charge in [-0.3, -0.25) is 0 Å². The molecule has 1 nitrogen and oxygen atoms in total. The van der Waals surface area contributed by atoms with E-state index < -0.39 is 0 Å². The number of hydrogen-bond donors (Lipinski definition) is 1. The smallest absolute Gasteiger partial charge is 0.0470 e. The van der Waals surface area contributed by atoms with E-state index in [1.165, 1.54) is 5.56 Å². The fraction of sp³-hybridized carbons (Fsp3) is 0.200. The molecule has 0 aliphatic heterocycles. The zero-order valence-electron chi connectivity index (χ0n) is 10.2. The molecule has 2 rings (SSSR count). The molecule has 0 fully saturated rings. The minimum atomic E-state index is 0.629. The SMILES string of the molecule is CCc1ccc(NCc2c(Cl)cccc2Cl)cc1. The summed E-state index contributed by atoms with van der Waals surface area (Å²) in [5.74, 6) is 0. The summed E-state index contributed by atoms with van der Waals surface area (Å²) in [6.45, 7) is 2.77. The molecular formula is C15H15Cl2N. The van der Waals surface area contributed by atoms with Gasteiger partial charge in [0.15, 0.2) is 0 Å². The van der Waals surface area contributed by atoms with Crippen molar-refractivity contribution >= 4 is 28.9 Å². The highest BCUT2D eigenvalue weighted by atomic mass is 35.5. The molecule has 0 saturated heterocycles. The van der Waals surface area contributed by atoms with Crippen molar-refractivity contribution in [3.63, 3.8) is 0 Å². The van der Waals surface area contributed by atoms with Gasteiger partial charge in [0.1, 0.15) is 0 Å². The van der Waals surface area contributed by atoms with E-state index in [0.717, 1.165) is 17.7 Å². The second-order valence-corrected chi connectivity index (χ2v) is 4.92. The van der Waals surface area contributed by atoms with Crippen molar-refractivity contribution < 1.29 is 0 Å². The fourth-order valence-corrected chi connectivity index (χ4v) is 2.28. The second kappa shape index (κ2) is 6.12. The first kappa shape index (κ1) is 13.3. The van der Waals surface area contributed by atoms with Crippen molar-refractivity contribution in [2.24, 2.45) is 0 Å². The zero-order valence-corrected chi connectivity index (χ0v) is 11.7. The summed E-state index contributed by atoms with van der Waals surface area (Å²) in [6.07, 6.45) is 1.05. The Morgan fingerprint density at radius 2 is 1.56 bits per heavy atom. The van der Waals surface area contributed by atoms with Crippen LogP contribution in [0, 0.1) is 0 Å². The van der Waals surface area contributed by atoms with Crippen molar-refractivity contribution in [2.45, 2.75) is 19.9 Å². The molecule has 0 aliphatic rings. The van der Waals surface area contributed by atoms with E-state index in [2.05, 4.69) is 36.5 Å². The number of benzene rings is 2. The minimum Gasteiger partial charge on any atom is -0.381 e. The number of anilines is 1. The first-order valence-electron chi connectivity index (χ1n) is 5.96. The summed E-state index contributed by atoms with van der Waals surface area (Å²) in [7, 11) is 0. The number of aryl methyl sites for hydroxylation is 1. The van der Waals surface area contributed by atoms with Gasteiger partial charge in [-0.2, -0.15) is 0 Å². The molecule has 0 saturated carbocycles. The summed E-state index contributed by atoms with van der Waals surface area (Å²) in [4.78, 5) is 0. The molecule has 0 radical (unpaired) electrons. The van der Waals surface area contributed by atoms with Gasteiger partial charge in [0.25, 0.3) is 0 Å². The zero-order chi connectivity index (χ0) is 13.0. The maximum Gasteiger partial charge on any atom is 0.0470 e. The van der Waals surface area contributed by atoms with Crippen LogP contribution in [-0.2, 0) is 13.0 Å². The van der Waals surface area contributed by atoms with Gasteiger partial charge in [-0.1, -0.05) is 48.3 Å². The normalized spacial score (nSPS) is 10.4. The van der Waals surface area contributed by atoms with Crippen molar-refractivity contribution in [3.05, 3.63) is 63.6 Å². The molecule has 0 unspecified atom stereocenters. The van der Waals surface area contributed by atoms with E-state index in [9.17, 15) is 0 Å². The van der Waals surface area contributed by atoms with E-state index in [-0.39, 0.29) is 0 Å². The molecule has 2 aromatic carbocycles. The van der Waals surface area contributed by atoms with Crippen LogP contribution in [0.4, 0.5) is 5.69 Å². The third kappa shape index (κ3) is 3.18. The molecule has 0 heterocycles. The first-order valence-corrected chi connectivity index (χ1v) is 6.72. The summed E-state index contributed by atoms with van der Waals surface area (Å²) in [5, 5.41) is 4.71. The van der Waals surface area contributed by atoms with Gasteiger partial charge in [-0.05, 0) is 36.2 Å². The van der Waals surface area contributed by atoms with E-state index in [1.54, 1.807) is 0 Å². The van der Waals surface area contributed by atoms with Gasteiger partial charge in [0, 0.05) is 27.8 Å². The molecule has 0 amide bonds. The topological polar surface area (TPSA) is 12.0 Å². The maximum absolute atomic E-state index is 6.12. The van der Waals surface area contributed by atoms with Crippen LogP contribution in [0.15, 0.2) is 42.5 Å². The lowest BCUT2D eigenvalue weighted by Crippen LogP contribution is -2.00. The number of rotatable bonds is 4. The highest BCUT2D eigenvalue weighted by Gasteiger charge is 2.04. The summed E-state index contributed by atoms with van der Waals surface area (Å²) < 4.78 is 0. The van der Waals surface area contributed by atoms with Crippen LogP contribution in [0.25, 0.3) is 0 Å². The largest absolute Gasteiger partial charge is 0.381 e. The van der Waals surface area contributed by atoms with Crippen molar-refractivity contribution in [1.29, 1.82) is 0 Å². The van der Waals surface area contributed by atoms with Crippen LogP contribution in [0.5, 0.6) is 0 Å². The molecular weight excluding hydrogens is 265 g/mol.